The lowest BCUT2D eigenvalue weighted by atomic mass is 9.95. The molecule has 0 aliphatic heterocycles. The van der Waals surface area contributed by atoms with Crippen LogP contribution in [0.1, 0.15) is 153 Å². The van der Waals surface area contributed by atoms with Gasteiger partial charge < -0.3 is 9.42 Å². The van der Waals surface area contributed by atoms with Gasteiger partial charge in [0.2, 0.25) is 0 Å². The van der Waals surface area contributed by atoms with Gasteiger partial charge in [-0.05, 0) is 54.7 Å². The summed E-state index contributed by atoms with van der Waals surface area (Å²) in [6.45, 7) is 4.56. The molecular weight excluding hydrogens is 487 g/mol. The van der Waals surface area contributed by atoms with Gasteiger partial charge in [0.05, 0.1) is 0 Å². The van der Waals surface area contributed by atoms with E-state index in [0.29, 0.717) is 0 Å². The molecule has 1 aromatic carbocycles. The van der Waals surface area contributed by atoms with Crippen LogP contribution in [0.3, 0.4) is 0 Å². The molecule has 1 N–H and O–H groups in total. The van der Waals surface area contributed by atoms with Gasteiger partial charge in [0.15, 0.2) is 0 Å². The first-order valence-corrected chi connectivity index (χ1v) is 18.7. The Bertz CT molecular complexity index is 674. The second kappa shape index (κ2) is 22.0. The van der Waals surface area contributed by atoms with Gasteiger partial charge in [-0.1, -0.05) is 154 Å². The first-order chi connectivity index (χ1) is 17.0. The van der Waals surface area contributed by atoms with Crippen LogP contribution in [0.4, 0.5) is 0 Å². The number of aryl methyl sites for hydroxylation is 1. The maximum Gasteiger partial charge on any atom is 0.291 e. The fourth-order valence-electron chi connectivity index (χ4n) is 4.93. The summed E-state index contributed by atoms with van der Waals surface area (Å²) in [7, 11) is 0. The van der Waals surface area contributed by atoms with Gasteiger partial charge in [0, 0.05) is 0 Å². The Morgan fingerprint density at radius 1 is 0.657 bits per heavy atom. The summed E-state index contributed by atoms with van der Waals surface area (Å²) < 4.78 is 5.76. The molecule has 0 saturated heterocycles. The largest absolute Gasteiger partial charge is 0.436 e. The molecule has 1 rings (SSSR count). The second-order valence-corrected chi connectivity index (χ2v) is 15.4. The lowest BCUT2D eigenvalue weighted by molar-refractivity contribution is 0.497. The van der Waals surface area contributed by atoms with Crippen LogP contribution in [0.15, 0.2) is 18.2 Å². The van der Waals surface area contributed by atoms with E-state index < -0.39 is 5.69 Å². The Balaban J connectivity index is 2.40. The van der Waals surface area contributed by atoms with E-state index in [4.69, 9.17) is 16.3 Å². The smallest absolute Gasteiger partial charge is 0.291 e. The summed E-state index contributed by atoms with van der Waals surface area (Å²) in [5.41, 5.74) is -0.407. The third-order valence-electron chi connectivity index (χ3n) is 7.03. The standard InChI is InChI=1S/C30H55O2PS2/c1-3-5-7-9-11-13-15-17-19-21-24-28-25-23-27-30(32-33(31,34)35)29(28)26-22-20-18-16-14-12-10-8-6-4-2/h23,25,27H,3-22,24,26H2,1-2H3,(H2,31,34,35). The van der Waals surface area contributed by atoms with Crippen molar-refractivity contribution >= 4 is 29.7 Å². The van der Waals surface area contributed by atoms with Gasteiger partial charge in [-0.15, -0.1) is 0 Å². The summed E-state index contributed by atoms with van der Waals surface area (Å²) >= 11 is 9.21. The third kappa shape index (κ3) is 18.8. The molecule has 0 heterocycles. The molecule has 0 bridgehead atoms. The molecule has 1 atom stereocenters. The van der Waals surface area contributed by atoms with Gasteiger partial charge in [0.25, 0.3) is 5.69 Å². The van der Waals surface area contributed by atoms with Crippen molar-refractivity contribution in [1.29, 1.82) is 0 Å². The van der Waals surface area contributed by atoms with Gasteiger partial charge in [-0.3, -0.25) is 0 Å². The molecule has 0 aliphatic carbocycles. The highest BCUT2D eigenvalue weighted by molar-refractivity contribution is 8.59. The van der Waals surface area contributed by atoms with Crippen LogP contribution in [-0.4, -0.2) is 4.89 Å². The van der Waals surface area contributed by atoms with Gasteiger partial charge in [0.1, 0.15) is 5.75 Å². The van der Waals surface area contributed by atoms with Crippen LogP contribution in [0, 0.1) is 0 Å². The van der Waals surface area contributed by atoms with Gasteiger partial charge in [-0.2, -0.15) is 0 Å². The Labute approximate surface area is 228 Å². The highest BCUT2D eigenvalue weighted by atomic mass is 32.9. The molecule has 0 amide bonds. The Morgan fingerprint density at radius 3 is 1.49 bits per heavy atom. The monoisotopic (exact) mass is 542 g/mol. The molecule has 1 aromatic rings. The van der Waals surface area contributed by atoms with Crippen molar-refractivity contribution in [2.24, 2.45) is 0 Å². The molecule has 35 heavy (non-hydrogen) atoms. The summed E-state index contributed by atoms with van der Waals surface area (Å²) in [5, 5.41) is 0. The van der Waals surface area contributed by atoms with Crippen LogP contribution in [-0.2, 0) is 24.6 Å². The van der Waals surface area contributed by atoms with Crippen molar-refractivity contribution in [1.82, 2.24) is 0 Å². The Kier molecular flexibility index (Phi) is 20.8. The Morgan fingerprint density at radius 2 is 1.06 bits per heavy atom. The molecule has 0 radical (unpaired) electrons. The molecule has 0 fully saturated rings. The van der Waals surface area contributed by atoms with Crippen LogP contribution >= 0.6 is 17.9 Å². The zero-order chi connectivity index (χ0) is 25.6. The topological polar surface area (TPSA) is 29.5 Å². The predicted octanol–water partition coefficient (Wildman–Crippen LogP) is 11.1. The minimum Gasteiger partial charge on any atom is -0.436 e. The molecule has 0 aliphatic rings. The predicted molar refractivity (Wildman–Crippen MR) is 164 cm³/mol. The molecule has 5 heteroatoms. The highest BCUT2D eigenvalue weighted by Gasteiger charge is 2.15. The van der Waals surface area contributed by atoms with Crippen molar-refractivity contribution in [3.05, 3.63) is 29.3 Å². The molecule has 2 nitrogen and oxygen atoms in total. The maximum absolute atomic E-state index is 10.1. The number of thiol groups is 1. The normalized spacial score (nSPS) is 13.1. The average Bonchev–Trinajstić information content (AvgIpc) is 2.81. The molecule has 0 saturated carbocycles. The molecule has 0 spiro atoms. The molecule has 1 unspecified atom stereocenters. The first kappa shape index (κ1) is 33.0. The summed E-state index contributed by atoms with van der Waals surface area (Å²) in [4.78, 5) is 10.1. The van der Waals surface area contributed by atoms with Crippen molar-refractivity contribution in [2.45, 2.75) is 155 Å². The lowest BCUT2D eigenvalue weighted by Crippen LogP contribution is -2.00. The first-order valence-electron chi connectivity index (χ1n) is 14.8. The van der Waals surface area contributed by atoms with E-state index in [-0.39, 0.29) is 0 Å². The number of rotatable bonds is 24. The van der Waals surface area contributed by atoms with Crippen LogP contribution in [0.25, 0.3) is 0 Å². The number of hydrogen-bond donors (Lipinski definition) is 2. The zero-order valence-electron chi connectivity index (χ0n) is 22.9. The Hall–Kier alpha value is -0.0200. The minimum atomic E-state index is -3.03. The summed E-state index contributed by atoms with van der Waals surface area (Å²) in [5.74, 6) is 0.756. The lowest BCUT2D eigenvalue weighted by Gasteiger charge is -2.18. The van der Waals surface area contributed by atoms with E-state index in [1.807, 2.05) is 12.1 Å². The molecule has 204 valence electrons. The number of hydrogen-bond acceptors (Lipinski definition) is 2. The van der Waals surface area contributed by atoms with Crippen molar-refractivity contribution < 1.29 is 9.42 Å². The molecular formula is C30H55O2PS2. The summed E-state index contributed by atoms with van der Waals surface area (Å²) in [6.07, 6.45) is 29.0. The number of unbranched alkanes of at least 4 members (excludes halogenated alkanes) is 18. The SMILES string of the molecule is CCCCCCCCCCCCc1cccc(OP(O)(=S)S)c1CCCCCCCCCCCC. The van der Waals surface area contributed by atoms with Gasteiger partial charge in [-0.25, -0.2) is 0 Å². The third-order valence-corrected chi connectivity index (χ3v) is 7.93. The van der Waals surface area contributed by atoms with E-state index in [1.165, 1.54) is 140 Å². The maximum atomic E-state index is 10.1. The van der Waals surface area contributed by atoms with Crippen molar-refractivity contribution in [2.75, 3.05) is 0 Å². The minimum absolute atomic E-state index is 0.756. The highest BCUT2D eigenvalue weighted by Crippen LogP contribution is 2.48. The fraction of sp³-hybridized carbons (Fsp3) is 0.800. The van der Waals surface area contributed by atoms with Crippen LogP contribution < -0.4 is 4.52 Å². The van der Waals surface area contributed by atoms with Gasteiger partial charge >= 0.3 is 0 Å². The molecule has 0 aromatic heterocycles. The van der Waals surface area contributed by atoms with E-state index in [9.17, 15) is 4.89 Å². The van der Waals surface area contributed by atoms with E-state index >= 15 is 0 Å². The van der Waals surface area contributed by atoms with Crippen LogP contribution in [0.5, 0.6) is 5.75 Å². The van der Waals surface area contributed by atoms with E-state index in [2.05, 4.69) is 32.2 Å². The van der Waals surface area contributed by atoms with E-state index in [0.717, 1.165) is 18.6 Å². The zero-order valence-corrected chi connectivity index (χ0v) is 25.6. The average molecular weight is 543 g/mol. The fourth-order valence-corrected chi connectivity index (χ4v) is 5.87. The van der Waals surface area contributed by atoms with Crippen molar-refractivity contribution in [3.8, 4) is 5.75 Å². The quantitative estimate of drug-likeness (QED) is 0.0773. The van der Waals surface area contributed by atoms with Crippen molar-refractivity contribution in [3.63, 3.8) is 0 Å². The second-order valence-electron chi connectivity index (χ2n) is 10.3. The van der Waals surface area contributed by atoms with Crippen LogP contribution in [0.2, 0.25) is 0 Å². The summed E-state index contributed by atoms with van der Waals surface area (Å²) in [6, 6.07) is 6.24. The number of benzene rings is 1. The van der Waals surface area contributed by atoms with E-state index in [1.54, 1.807) is 0 Å².